The molecule has 1 N–H and O–H groups in total. The van der Waals surface area contributed by atoms with Crippen molar-refractivity contribution in [2.75, 3.05) is 26.4 Å². The first kappa shape index (κ1) is 45.0. The van der Waals surface area contributed by atoms with Crippen LogP contribution in [0.3, 0.4) is 0 Å². The number of unbranched alkanes of at least 4 members (excludes halogenated alkanes) is 22. The highest BCUT2D eigenvalue weighted by Gasteiger charge is 2.44. The minimum atomic E-state index is -3.33. The highest BCUT2D eigenvalue weighted by atomic mass is 32.1. The third kappa shape index (κ3) is 30.4. The lowest BCUT2D eigenvalue weighted by molar-refractivity contribution is -0.139. The van der Waals surface area contributed by atoms with Crippen molar-refractivity contribution in [3.63, 3.8) is 0 Å². The zero-order chi connectivity index (χ0) is 34.1. The van der Waals surface area contributed by atoms with Crippen LogP contribution in [0.5, 0.6) is 0 Å². The summed E-state index contributed by atoms with van der Waals surface area (Å²) in [6.45, 7) is 12.3. The number of hydrogen-bond acceptors (Lipinski definition) is 9. The van der Waals surface area contributed by atoms with Crippen molar-refractivity contribution in [2.24, 2.45) is 0 Å². The van der Waals surface area contributed by atoms with E-state index in [4.69, 9.17) is 22.5 Å². The van der Waals surface area contributed by atoms with Gasteiger partial charge in [-0.15, -0.1) is 0 Å². The fraction of sp³-hybridized carbons (Fsp3) is 0.833. The van der Waals surface area contributed by atoms with E-state index >= 15 is 0 Å². The number of ether oxygens (including phenoxy) is 2. The van der Waals surface area contributed by atoms with E-state index in [2.05, 4.69) is 26.1 Å². The van der Waals surface area contributed by atoms with Crippen molar-refractivity contribution >= 4 is 33.0 Å². The monoisotopic (exact) mass is 691 g/mol. The molecule has 0 aliphatic heterocycles. The Morgan fingerprint density at radius 1 is 0.478 bits per heavy atom. The highest BCUT2D eigenvalue weighted by Crippen LogP contribution is 2.59. The van der Waals surface area contributed by atoms with Crippen molar-refractivity contribution in [3.8, 4) is 0 Å². The lowest BCUT2D eigenvalue weighted by atomic mass is 10.1. The van der Waals surface area contributed by atoms with Crippen molar-refractivity contribution in [1.82, 2.24) is 0 Å². The molecule has 0 radical (unpaired) electrons. The first-order chi connectivity index (χ1) is 22.2. The minimum Gasteiger partial charge on any atom is -0.462 e. The molecule has 0 aliphatic carbocycles. The predicted octanol–water partition coefficient (Wildman–Crippen LogP) is 11.2. The van der Waals surface area contributed by atoms with Gasteiger partial charge in [0.05, 0.1) is 13.2 Å². The molecule has 46 heavy (non-hydrogen) atoms. The standard InChI is InChI=1S/C36H67O8PS/c1-33(2)35(37)40-29-25-21-17-13-9-5-7-11-15-19-23-27-31-42-45(39,44-46)43-32-28-24-20-16-12-8-6-10-14-18-22-26-30-41-36(38)34(3)4/h39H,1,3,5-32H2,2,4H3/p+1. The molecule has 0 aromatic carbocycles. The average molecular weight is 692 g/mol. The van der Waals surface area contributed by atoms with Crippen LogP contribution >= 0.6 is 21.1 Å². The molecule has 0 rings (SSSR count). The van der Waals surface area contributed by atoms with E-state index in [1.807, 2.05) is 0 Å². The topological polar surface area (TPSA) is 101 Å². The zero-order valence-corrected chi connectivity index (χ0v) is 31.2. The largest absolute Gasteiger partial charge is 0.584 e. The summed E-state index contributed by atoms with van der Waals surface area (Å²) < 4.78 is 26.2. The molecule has 0 fully saturated rings. The Bertz CT molecular complexity index is 721. The summed E-state index contributed by atoms with van der Waals surface area (Å²) >= 11 is 3.79. The molecule has 0 aliphatic rings. The lowest BCUT2D eigenvalue weighted by Gasteiger charge is -2.12. The van der Waals surface area contributed by atoms with Gasteiger partial charge in [-0.25, -0.2) is 9.59 Å². The molecule has 0 unspecified atom stereocenters. The van der Waals surface area contributed by atoms with E-state index in [-0.39, 0.29) is 11.9 Å². The predicted molar refractivity (Wildman–Crippen MR) is 193 cm³/mol. The molecule has 0 heterocycles. The average Bonchev–Trinajstić information content (AvgIpc) is 3.03. The summed E-state index contributed by atoms with van der Waals surface area (Å²) in [6, 6.07) is 0. The summed E-state index contributed by atoms with van der Waals surface area (Å²) in [5.74, 6) is -0.575. The molecular formula is C36H68O8PS+. The molecule has 0 saturated heterocycles. The summed E-state index contributed by atoms with van der Waals surface area (Å²) in [7, 11) is -3.33. The van der Waals surface area contributed by atoms with Crippen molar-refractivity contribution in [2.45, 2.75) is 168 Å². The Hall–Kier alpha value is -0.960. The van der Waals surface area contributed by atoms with E-state index in [1.165, 1.54) is 103 Å². The fourth-order valence-corrected chi connectivity index (χ4v) is 6.14. The lowest BCUT2D eigenvalue weighted by Crippen LogP contribution is -2.05. The Balaban J connectivity index is 3.43. The van der Waals surface area contributed by atoms with Crippen molar-refractivity contribution in [1.29, 1.82) is 0 Å². The van der Waals surface area contributed by atoms with Crippen LogP contribution < -0.4 is 0 Å². The number of thiol groups is 1. The molecule has 0 aromatic heterocycles. The van der Waals surface area contributed by atoms with Gasteiger partial charge in [-0.1, -0.05) is 146 Å². The summed E-state index contributed by atoms with van der Waals surface area (Å²) in [5.41, 5.74) is 0.923. The SMILES string of the molecule is C=C(C)C(=O)OCCCCCCCCCCCCCCO[P+](O)(OS)OCCCCCCCCCCCCCCOC(=O)C(=C)C. The molecule has 0 saturated carbocycles. The zero-order valence-electron chi connectivity index (χ0n) is 29.4. The van der Waals surface area contributed by atoms with Gasteiger partial charge in [-0.2, -0.15) is 13.9 Å². The summed E-state index contributed by atoms with van der Waals surface area (Å²) in [5, 5.41) is 0. The van der Waals surface area contributed by atoms with Gasteiger partial charge < -0.3 is 9.47 Å². The number of esters is 2. The number of rotatable bonds is 35. The van der Waals surface area contributed by atoms with Crippen LogP contribution in [0.15, 0.2) is 24.3 Å². The van der Waals surface area contributed by atoms with Crippen LogP contribution in [0.25, 0.3) is 0 Å². The maximum Gasteiger partial charge on any atom is 0.584 e. The van der Waals surface area contributed by atoms with Gasteiger partial charge in [0.2, 0.25) is 0 Å². The highest BCUT2D eigenvalue weighted by molar-refractivity contribution is 7.82. The second-order valence-corrected chi connectivity index (χ2v) is 14.6. The fourth-order valence-electron chi connectivity index (χ4n) is 4.96. The Kier molecular flexibility index (Phi) is 31.9. The Morgan fingerprint density at radius 2 is 0.696 bits per heavy atom. The molecular weight excluding hydrogens is 623 g/mol. The molecule has 8 nitrogen and oxygen atoms in total. The van der Waals surface area contributed by atoms with Crippen LogP contribution in [0.1, 0.15) is 168 Å². The van der Waals surface area contributed by atoms with E-state index in [0.717, 1.165) is 51.4 Å². The molecule has 270 valence electrons. The second-order valence-electron chi connectivity index (χ2n) is 12.5. The van der Waals surface area contributed by atoms with Crippen LogP contribution in [0.2, 0.25) is 0 Å². The minimum absolute atomic E-state index is 0.288. The van der Waals surface area contributed by atoms with Crippen LogP contribution in [-0.4, -0.2) is 43.3 Å². The number of carbonyl (C=O) groups excluding carboxylic acids is 2. The van der Waals surface area contributed by atoms with Crippen molar-refractivity contribution in [3.05, 3.63) is 24.3 Å². The van der Waals surface area contributed by atoms with Crippen molar-refractivity contribution < 1.29 is 37.0 Å². The Labute approximate surface area is 288 Å². The molecule has 0 atom stereocenters. The number of carbonyl (C=O) groups is 2. The number of hydrogen-bond donors (Lipinski definition) is 2. The van der Waals surface area contributed by atoms with E-state index in [1.54, 1.807) is 13.8 Å². The van der Waals surface area contributed by atoms with Crippen LogP contribution in [-0.2, 0) is 32.1 Å². The quantitative estimate of drug-likeness (QED) is 0.0169. The van der Waals surface area contributed by atoms with E-state index in [0.29, 0.717) is 37.6 Å². The van der Waals surface area contributed by atoms with E-state index < -0.39 is 8.17 Å². The smallest absolute Gasteiger partial charge is 0.462 e. The van der Waals surface area contributed by atoms with Gasteiger partial charge >= 0.3 is 20.1 Å². The van der Waals surface area contributed by atoms with Gasteiger partial charge in [0.15, 0.2) is 0 Å². The maximum atomic E-state index is 11.3. The van der Waals surface area contributed by atoms with Gasteiger partial charge in [0, 0.05) is 24.1 Å². The summed E-state index contributed by atoms with van der Waals surface area (Å²) in [6.07, 6.45) is 27.8. The normalized spacial score (nSPS) is 11.5. The third-order valence-corrected chi connectivity index (χ3v) is 9.70. The molecule has 0 amide bonds. The van der Waals surface area contributed by atoms with Gasteiger partial charge in [0.1, 0.15) is 13.2 Å². The van der Waals surface area contributed by atoms with Crippen LogP contribution in [0.4, 0.5) is 0 Å². The first-order valence-electron chi connectivity index (χ1n) is 18.1. The van der Waals surface area contributed by atoms with Gasteiger partial charge in [-0.3, -0.25) is 0 Å². The molecule has 0 aromatic rings. The first-order valence-corrected chi connectivity index (χ1v) is 20.0. The summed E-state index contributed by atoms with van der Waals surface area (Å²) in [4.78, 5) is 33.0. The molecule has 10 heteroatoms. The van der Waals surface area contributed by atoms with E-state index in [9.17, 15) is 14.5 Å². The maximum absolute atomic E-state index is 11.3. The van der Waals surface area contributed by atoms with Crippen LogP contribution in [0, 0.1) is 0 Å². The molecule has 0 spiro atoms. The Morgan fingerprint density at radius 3 is 0.913 bits per heavy atom. The molecule has 0 bridgehead atoms. The third-order valence-electron chi connectivity index (χ3n) is 7.85. The second kappa shape index (κ2) is 32.6. The van der Waals surface area contributed by atoms with Gasteiger partial charge in [0.25, 0.3) is 0 Å². The van der Waals surface area contributed by atoms with Gasteiger partial charge in [-0.05, 0) is 39.5 Å².